The third kappa shape index (κ3) is 4.43. The van der Waals surface area contributed by atoms with Crippen LogP contribution in [-0.2, 0) is 17.8 Å². The molecular formula is C23H27N3O3. The fourth-order valence-corrected chi connectivity index (χ4v) is 3.98. The minimum absolute atomic E-state index is 0.136. The molecule has 6 heteroatoms. The lowest BCUT2D eigenvalue weighted by molar-refractivity contribution is -0.120. The maximum absolute atomic E-state index is 13.2. The van der Waals surface area contributed by atoms with Gasteiger partial charge in [0.15, 0.2) is 0 Å². The molecule has 0 spiro atoms. The van der Waals surface area contributed by atoms with E-state index in [0.29, 0.717) is 24.7 Å². The van der Waals surface area contributed by atoms with Crippen LogP contribution in [0.2, 0.25) is 0 Å². The third-order valence-electron chi connectivity index (χ3n) is 5.73. The Balaban J connectivity index is 1.47. The molecule has 0 atom stereocenters. The van der Waals surface area contributed by atoms with Crippen LogP contribution in [-0.4, -0.2) is 43.0 Å². The molecule has 0 saturated heterocycles. The smallest absolute Gasteiger partial charge is 0.248 e. The van der Waals surface area contributed by atoms with Gasteiger partial charge in [0.05, 0.1) is 13.7 Å². The second-order valence-electron chi connectivity index (χ2n) is 7.84. The van der Waals surface area contributed by atoms with Crippen molar-refractivity contribution in [3.05, 3.63) is 59.2 Å². The molecule has 29 heavy (non-hydrogen) atoms. The highest BCUT2D eigenvalue weighted by Gasteiger charge is 2.32. The molecule has 0 aromatic heterocycles. The Morgan fingerprint density at radius 1 is 1.17 bits per heavy atom. The number of anilines is 1. The number of nitrogens with zero attached hydrogens (tertiary/aromatic N) is 2. The van der Waals surface area contributed by atoms with E-state index in [1.54, 1.807) is 19.2 Å². The summed E-state index contributed by atoms with van der Waals surface area (Å²) in [6.07, 6.45) is 4.18. The second-order valence-corrected chi connectivity index (χ2v) is 7.84. The molecule has 152 valence electrons. The normalized spacial score (nSPS) is 15.9. The van der Waals surface area contributed by atoms with E-state index in [1.807, 2.05) is 35.2 Å². The summed E-state index contributed by atoms with van der Waals surface area (Å²) >= 11 is 0. The van der Waals surface area contributed by atoms with Gasteiger partial charge in [0, 0.05) is 30.4 Å². The largest absolute Gasteiger partial charge is 0.497 e. The van der Waals surface area contributed by atoms with Crippen LogP contribution >= 0.6 is 0 Å². The fraction of sp³-hybridized carbons (Fsp3) is 0.391. The predicted octanol–water partition coefficient (Wildman–Crippen LogP) is 2.74. The summed E-state index contributed by atoms with van der Waals surface area (Å²) in [5.41, 5.74) is 9.08. The van der Waals surface area contributed by atoms with Crippen LogP contribution in [0.15, 0.2) is 42.5 Å². The monoisotopic (exact) mass is 393 g/mol. The first-order valence-corrected chi connectivity index (χ1v) is 10.1. The van der Waals surface area contributed by atoms with Crippen molar-refractivity contribution >= 4 is 17.5 Å². The summed E-state index contributed by atoms with van der Waals surface area (Å²) in [6.45, 7) is 1.84. The summed E-state index contributed by atoms with van der Waals surface area (Å²) in [6, 6.07) is 13.7. The number of benzene rings is 2. The molecular weight excluding hydrogens is 366 g/mol. The van der Waals surface area contributed by atoms with Crippen molar-refractivity contribution in [3.63, 3.8) is 0 Å². The van der Waals surface area contributed by atoms with Gasteiger partial charge in [-0.2, -0.15) is 0 Å². The van der Waals surface area contributed by atoms with Gasteiger partial charge in [-0.15, -0.1) is 0 Å². The number of hydrogen-bond acceptors (Lipinski definition) is 4. The number of nitrogens with two attached hydrogens (primary N) is 1. The number of methoxy groups -OCH3 is 1. The van der Waals surface area contributed by atoms with E-state index in [-0.39, 0.29) is 5.91 Å². The lowest BCUT2D eigenvalue weighted by Crippen LogP contribution is -2.43. The van der Waals surface area contributed by atoms with Crippen LogP contribution in [0.4, 0.5) is 5.69 Å². The van der Waals surface area contributed by atoms with Crippen molar-refractivity contribution < 1.29 is 14.3 Å². The number of rotatable bonds is 7. The number of fused-ring (bicyclic) bond motifs is 1. The van der Waals surface area contributed by atoms with Crippen LogP contribution in [0.25, 0.3) is 0 Å². The summed E-state index contributed by atoms with van der Waals surface area (Å²) in [7, 11) is 1.66. The van der Waals surface area contributed by atoms with Gasteiger partial charge in [-0.05, 0) is 67.1 Å². The summed E-state index contributed by atoms with van der Waals surface area (Å²) in [4.78, 5) is 28.6. The van der Waals surface area contributed by atoms with Gasteiger partial charge in [0.25, 0.3) is 0 Å². The third-order valence-corrected chi connectivity index (χ3v) is 5.73. The molecule has 0 bridgehead atoms. The molecule has 6 nitrogen and oxygen atoms in total. The summed E-state index contributed by atoms with van der Waals surface area (Å²) < 4.78 is 5.33. The van der Waals surface area contributed by atoms with Crippen LogP contribution in [0.3, 0.4) is 0 Å². The number of aryl methyl sites for hydroxylation is 1. The minimum atomic E-state index is -0.425. The van der Waals surface area contributed by atoms with Gasteiger partial charge in [0.2, 0.25) is 11.8 Å². The number of amides is 2. The molecule has 2 N–H and O–H groups in total. The van der Waals surface area contributed by atoms with Gasteiger partial charge in [-0.3, -0.25) is 14.5 Å². The lowest BCUT2D eigenvalue weighted by atomic mass is 10.0. The van der Waals surface area contributed by atoms with Crippen molar-refractivity contribution in [1.82, 2.24) is 4.90 Å². The lowest BCUT2D eigenvalue weighted by Gasteiger charge is -2.32. The van der Waals surface area contributed by atoms with Gasteiger partial charge in [-0.1, -0.05) is 12.1 Å². The van der Waals surface area contributed by atoms with Crippen LogP contribution < -0.4 is 15.4 Å². The molecule has 1 saturated carbocycles. The maximum atomic E-state index is 13.2. The predicted molar refractivity (Wildman–Crippen MR) is 112 cm³/mol. The number of primary amides is 1. The Labute approximate surface area is 171 Å². The topological polar surface area (TPSA) is 75.9 Å². The van der Waals surface area contributed by atoms with Crippen molar-refractivity contribution in [2.45, 2.75) is 38.3 Å². The molecule has 2 amide bonds. The zero-order valence-corrected chi connectivity index (χ0v) is 16.8. The Morgan fingerprint density at radius 2 is 1.93 bits per heavy atom. The molecule has 0 radical (unpaired) electrons. The van der Waals surface area contributed by atoms with Crippen molar-refractivity contribution in [2.24, 2.45) is 5.73 Å². The minimum Gasteiger partial charge on any atom is -0.497 e. The van der Waals surface area contributed by atoms with E-state index in [4.69, 9.17) is 10.5 Å². The molecule has 1 heterocycles. The zero-order valence-electron chi connectivity index (χ0n) is 16.8. The van der Waals surface area contributed by atoms with Crippen molar-refractivity contribution in [2.75, 3.05) is 25.1 Å². The molecule has 2 aromatic rings. The number of ether oxygens (including phenoxy) is 1. The molecule has 2 aliphatic rings. The van der Waals surface area contributed by atoms with Gasteiger partial charge in [0.1, 0.15) is 5.75 Å². The Morgan fingerprint density at radius 3 is 2.59 bits per heavy atom. The highest BCUT2D eigenvalue weighted by molar-refractivity contribution is 5.96. The number of carbonyl (C=O) groups is 2. The molecule has 0 unspecified atom stereocenters. The zero-order chi connectivity index (χ0) is 20.4. The number of carbonyl (C=O) groups excluding carboxylic acids is 2. The molecule has 1 aliphatic carbocycles. The number of hydrogen-bond donors (Lipinski definition) is 1. The van der Waals surface area contributed by atoms with Crippen molar-refractivity contribution in [3.8, 4) is 5.75 Å². The summed E-state index contributed by atoms with van der Waals surface area (Å²) in [5.74, 6) is 0.542. The molecule has 1 aliphatic heterocycles. The maximum Gasteiger partial charge on any atom is 0.248 e. The van der Waals surface area contributed by atoms with E-state index >= 15 is 0 Å². The van der Waals surface area contributed by atoms with Gasteiger partial charge >= 0.3 is 0 Å². The highest BCUT2D eigenvalue weighted by Crippen LogP contribution is 2.32. The van der Waals surface area contributed by atoms with Crippen LogP contribution in [0.5, 0.6) is 5.75 Å². The van der Waals surface area contributed by atoms with E-state index in [0.717, 1.165) is 49.2 Å². The summed E-state index contributed by atoms with van der Waals surface area (Å²) in [5, 5.41) is 0. The average molecular weight is 393 g/mol. The fourth-order valence-electron chi connectivity index (χ4n) is 3.98. The van der Waals surface area contributed by atoms with E-state index in [1.165, 1.54) is 5.56 Å². The van der Waals surface area contributed by atoms with E-state index in [2.05, 4.69) is 4.90 Å². The van der Waals surface area contributed by atoms with Gasteiger partial charge < -0.3 is 15.4 Å². The van der Waals surface area contributed by atoms with E-state index in [9.17, 15) is 9.59 Å². The standard InChI is InChI=1S/C23H27N3O3/c1-29-20-10-11-21-18(13-20)3-2-12-26(21)22(27)15-25(19-8-9-19)14-16-4-6-17(7-5-16)23(24)28/h4-7,10-11,13,19H,2-3,8-9,12,14-15H2,1H3,(H2,24,28). The molecule has 4 rings (SSSR count). The first-order chi connectivity index (χ1) is 14.0. The SMILES string of the molecule is COc1ccc2c(c1)CCCN2C(=O)CN(Cc1ccc(C(N)=O)cc1)C1CC1. The first-order valence-electron chi connectivity index (χ1n) is 10.1. The second kappa shape index (κ2) is 8.25. The van der Waals surface area contributed by atoms with Crippen LogP contribution in [0.1, 0.15) is 40.7 Å². The van der Waals surface area contributed by atoms with Crippen LogP contribution in [0, 0.1) is 0 Å². The van der Waals surface area contributed by atoms with Crippen molar-refractivity contribution in [1.29, 1.82) is 0 Å². The van der Waals surface area contributed by atoms with E-state index < -0.39 is 5.91 Å². The quantitative estimate of drug-likeness (QED) is 0.785. The Kier molecular flexibility index (Phi) is 5.53. The highest BCUT2D eigenvalue weighted by atomic mass is 16.5. The Bertz CT molecular complexity index is 906. The Hall–Kier alpha value is -2.86. The molecule has 2 aromatic carbocycles. The average Bonchev–Trinajstić information content (AvgIpc) is 3.58. The van der Waals surface area contributed by atoms with Gasteiger partial charge in [-0.25, -0.2) is 0 Å². The molecule has 1 fully saturated rings. The first kappa shape index (κ1) is 19.5.